The van der Waals surface area contributed by atoms with Crippen LogP contribution in [0.2, 0.25) is 0 Å². The number of nitrogens with zero attached hydrogens (tertiary/aromatic N) is 1. The Morgan fingerprint density at radius 1 is 1.57 bits per heavy atom. The minimum atomic E-state index is 0.366. The van der Waals surface area contributed by atoms with E-state index in [1.165, 1.54) is 6.42 Å². The minimum absolute atomic E-state index is 0.366. The Labute approximate surface area is 84.5 Å². The summed E-state index contributed by atoms with van der Waals surface area (Å²) in [5, 5.41) is 3.32. The summed E-state index contributed by atoms with van der Waals surface area (Å²) < 4.78 is 5.70. The van der Waals surface area contributed by atoms with Crippen molar-refractivity contribution in [3.8, 4) is 0 Å². The molecule has 2 unspecified atom stereocenters. The fourth-order valence-corrected chi connectivity index (χ4v) is 1.73. The van der Waals surface area contributed by atoms with Gasteiger partial charge in [0.15, 0.2) is 0 Å². The van der Waals surface area contributed by atoms with Gasteiger partial charge in [0.2, 0.25) is 0 Å². The number of pyridine rings is 1. The molecule has 1 aliphatic heterocycles. The molecule has 76 valence electrons. The zero-order valence-corrected chi connectivity index (χ0v) is 8.44. The van der Waals surface area contributed by atoms with Crippen molar-refractivity contribution in [2.75, 3.05) is 11.9 Å². The van der Waals surface area contributed by atoms with Gasteiger partial charge in [0.1, 0.15) is 0 Å². The van der Waals surface area contributed by atoms with E-state index < -0.39 is 0 Å². The van der Waals surface area contributed by atoms with Crippen molar-refractivity contribution in [2.24, 2.45) is 0 Å². The summed E-state index contributed by atoms with van der Waals surface area (Å²) in [6, 6.07) is 3.95. The summed E-state index contributed by atoms with van der Waals surface area (Å²) in [4.78, 5) is 4.04. The Morgan fingerprint density at radius 3 is 3.14 bits per heavy atom. The molecular weight excluding hydrogens is 176 g/mol. The first-order valence-electron chi connectivity index (χ1n) is 5.14. The Bertz CT molecular complexity index is 276. The molecule has 1 N–H and O–H groups in total. The van der Waals surface area contributed by atoms with Crippen LogP contribution in [0.3, 0.4) is 0 Å². The van der Waals surface area contributed by atoms with Crippen LogP contribution in [-0.2, 0) is 4.74 Å². The van der Waals surface area contributed by atoms with Gasteiger partial charge in [0.05, 0.1) is 17.9 Å². The van der Waals surface area contributed by atoms with Crippen LogP contribution in [0.5, 0.6) is 0 Å². The molecule has 0 radical (unpaired) electrons. The lowest BCUT2D eigenvalue weighted by molar-refractivity contribution is 0.0637. The van der Waals surface area contributed by atoms with Crippen LogP contribution in [0.4, 0.5) is 5.69 Å². The highest BCUT2D eigenvalue weighted by Crippen LogP contribution is 2.19. The van der Waals surface area contributed by atoms with E-state index in [0.717, 1.165) is 18.7 Å². The Kier molecular flexibility index (Phi) is 2.99. The molecular formula is C11H16N2O. The summed E-state index contributed by atoms with van der Waals surface area (Å²) in [6.45, 7) is 3.01. The van der Waals surface area contributed by atoms with Gasteiger partial charge in [-0.25, -0.2) is 0 Å². The average Bonchev–Trinajstić information content (AvgIpc) is 2.63. The molecule has 2 heterocycles. The Hall–Kier alpha value is -1.09. The lowest BCUT2D eigenvalue weighted by atomic mass is 10.2. The molecule has 0 aromatic carbocycles. The largest absolute Gasteiger partial charge is 0.381 e. The van der Waals surface area contributed by atoms with E-state index >= 15 is 0 Å². The highest BCUT2D eigenvalue weighted by Gasteiger charge is 2.20. The monoisotopic (exact) mass is 192 g/mol. The number of nitrogens with one attached hydrogen (secondary N) is 1. The second-order valence-electron chi connectivity index (χ2n) is 3.77. The second-order valence-corrected chi connectivity index (χ2v) is 3.77. The molecule has 2 rings (SSSR count). The Balaban J connectivity index is 1.78. The zero-order chi connectivity index (χ0) is 9.80. The maximum absolute atomic E-state index is 5.70. The highest BCUT2D eigenvalue weighted by molar-refractivity contribution is 5.39. The summed E-state index contributed by atoms with van der Waals surface area (Å²) >= 11 is 0. The number of aromatic nitrogens is 1. The third-order valence-corrected chi connectivity index (χ3v) is 2.52. The standard InChI is InChI=1S/C11H16N2O/c1-9-4-5-11(14-9)8-13-10-3-2-6-12-7-10/h2-3,6-7,9,11,13H,4-5,8H2,1H3. The minimum Gasteiger partial charge on any atom is -0.381 e. The van der Waals surface area contributed by atoms with Gasteiger partial charge in [0, 0.05) is 18.9 Å². The number of hydrogen-bond acceptors (Lipinski definition) is 3. The normalized spacial score (nSPS) is 26.4. The van der Waals surface area contributed by atoms with Crippen molar-refractivity contribution in [3.05, 3.63) is 24.5 Å². The summed E-state index contributed by atoms with van der Waals surface area (Å²) in [5.74, 6) is 0. The van der Waals surface area contributed by atoms with E-state index in [2.05, 4.69) is 17.2 Å². The molecule has 0 aliphatic carbocycles. The first-order valence-corrected chi connectivity index (χ1v) is 5.14. The average molecular weight is 192 g/mol. The number of rotatable bonds is 3. The van der Waals surface area contributed by atoms with Gasteiger partial charge in [0.25, 0.3) is 0 Å². The molecule has 0 spiro atoms. The van der Waals surface area contributed by atoms with E-state index in [0.29, 0.717) is 12.2 Å². The molecule has 1 aliphatic rings. The molecule has 0 bridgehead atoms. The van der Waals surface area contributed by atoms with Gasteiger partial charge in [-0.1, -0.05) is 0 Å². The molecule has 3 nitrogen and oxygen atoms in total. The predicted molar refractivity (Wildman–Crippen MR) is 56.3 cm³/mol. The number of hydrogen-bond donors (Lipinski definition) is 1. The maximum atomic E-state index is 5.70. The van der Waals surface area contributed by atoms with Crippen molar-refractivity contribution in [1.82, 2.24) is 4.98 Å². The number of ether oxygens (including phenoxy) is 1. The van der Waals surface area contributed by atoms with Gasteiger partial charge in [-0.15, -0.1) is 0 Å². The molecule has 14 heavy (non-hydrogen) atoms. The zero-order valence-electron chi connectivity index (χ0n) is 8.44. The number of anilines is 1. The van der Waals surface area contributed by atoms with Crippen molar-refractivity contribution >= 4 is 5.69 Å². The van der Waals surface area contributed by atoms with Gasteiger partial charge in [-0.3, -0.25) is 4.98 Å². The molecule has 0 amide bonds. The van der Waals surface area contributed by atoms with Gasteiger partial charge in [-0.05, 0) is 31.9 Å². The van der Waals surface area contributed by atoms with E-state index in [1.54, 1.807) is 6.20 Å². The smallest absolute Gasteiger partial charge is 0.0751 e. The van der Waals surface area contributed by atoms with Gasteiger partial charge in [-0.2, -0.15) is 0 Å². The fraction of sp³-hybridized carbons (Fsp3) is 0.545. The van der Waals surface area contributed by atoms with Crippen molar-refractivity contribution < 1.29 is 4.74 Å². The molecule has 3 heteroatoms. The van der Waals surface area contributed by atoms with E-state index in [9.17, 15) is 0 Å². The van der Waals surface area contributed by atoms with Crippen LogP contribution < -0.4 is 5.32 Å². The van der Waals surface area contributed by atoms with Crippen LogP contribution >= 0.6 is 0 Å². The first-order chi connectivity index (χ1) is 6.84. The Morgan fingerprint density at radius 2 is 2.50 bits per heavy atom. The molecule has 0 saturated carbocycles. The third kappa shape index (κ3) is 2.45. The van der Waals surface area contributed by atoms with Crippen LogP contribution in [-0.4, -0.2) is 23.7 Å². The van der Waals surface area contributed by atoms with E-state index in [1.807, 2.05) is 18.3 Å². The van der Waals surface area contributed by atoms with Crippen LogP contribution in [0.15, 0.2) is 24.5 Å². The lowest BCUT2D eigenvalue weighted by Crippen LogP contribution is -2.19. The van der Waals surface area contributed by atoms with Crippen LogP contribution in [0.1, 0.15) is 19.8 Å². The summed E-state index contributed by atoms with van der Waals surface area (Å²) in [5.41, 5.74) is 1.07. The van der Waals surface area contributed by atoms with Gasteiger partial charge >= 0.3 is 0 Å². The lowest BCUT2D eigenvalue weighted by Gasteiger charge is -2.12. The van der Waals surface area contributed by atoms with E-state index in [4.69, 9.17) is 4.74 Å². The topological polar surface area (TPSA) is 34.2 Å². The molecule has 2 atom stereocenters. The second kappa shape index (κ2) is 4.42. The van der Waals surface area contributed by atoms with Crippen molar-refractivity contribution in [2.45, 2.75) is 32.0 Å². The van der Waals surface area contributed by atoms with E-state index in [-0.39, 0.29) is 0 Å². The van der Waals surface area contributed by atoms with Crippen LogP contribution in [0.25, 0.3) is 0 Å². The predicted octanol–water partition coefficient (Wildman–Crippen LogP) is 2.06. The highest BCUT2D eigenvalue weighted by atomic mass is 16.5. The van der Waals surface area contributed by atoms with Gasteiger partial charge < -0.3 is 10.1 Å². The molecule has 1 saturated heterocycles. The summed E-state index contributed by atoms with van der Waals surface area (Å²) in [6.07, 6.45) is 6.74. The third-order valence-electron chi connectivity index (χ3n) is 2.52. The first kappa shape index (κ1) is 9.46. The van der Waals surface area contributed by atoms with Crippen LogP contribution in [0, 0.1) is 0 Å². The fourth-order valence-electron chi connectivity index (χ4n) is 1.73. The van der Waals surface area contributed by atoms with Crippen molar-refractivity contribution in [3.63, 3.8) is 0 Å². The summed E-state index contributed by atoms with van der Waals surface area (Å²) in [7, 11) is 0. The molecule has 1 aromatic rings. The quantitative estimate of drug-likeness (QED) is 0.796. The molecule has 1 fully saturated rings. The maximum Gasteiger partial charge on any atom is 0.0751 e. The SMILES string of the molecule is CC1CCC(CNc2cccnc2)O1. The van der Waals surface area contributed by atoms with Crippen molar-refractivity contribution in [1.29, 1.82) is 0 Å². The molecule has 1 aromatic heterocycles.